The molecule has 2 aromatic carbocycles. The first-order valence-electron chi connectivity index (χ1n) is 15.2. The van der Waals surface area contributed by atoms with E-state index in [-0.39, 0.29) is 46.7 Å². The summed E-state index contributed by atoms with van der Waals surface area (Å²) in [6, 6.07) is 18.5. The number of fused-ring (bicyclic) bond motifs is 5. The molecule has 0 N–H and O–H groups in total. The lowest BCUT2D eigenvalue weighted by Gasteiger charge is -2.62. The quantitative estimate of drug-likeness (QED) is 0.371. The Morgan fingerprint density at radius 1 is 0.725 bits per heavy atom. The van der Waals surface area contributed by atoms with Gasteiger partial charge in [0, 0.05) is 11.3 Å². The highest BCUT2D eigenvalue weighted by Gasteiger charge is 2.65. The van der Waals surface area contributed by atoms with Crippen LogP contribution in [0.3, 0.4) is 0 Å². The van der Waals surface area contributed by atoms with Gasteiger partial charge in [0.15, 0.2) is 0 Å². The van der Waals surface area contributed by atoms with Crippen LogP contribution in [-0.2, 0) is 14.3 Å². The van der Waals surface area contributed by atoms with Gasteiger partial charge in [0.25, 0.3) is 0 Å². The summed E-state index contributed by atoms with van der Waals surface area (Å²) in [4.78, 5) is 39.0. The van der Waals surface area contributed by atoms with Crippen molar-refractivity contribution in [3.8, 4) is 0 Å². The molecule has 0 bridgehead atoms. The van der Waals surface area contributed by atoms with E-state index >= 15 is 0 Å². The van der Waals surface area contributed by atoms with Gasteiger partial charge < -0.3 is 9.47 Å². The maximum absolute atomic E-state index is 13.3. The molecular weight excluding hydrogens is 500 g/mol. The Morgan fingerprint density at radius 2 is 1.35 bits per heavy atom. The van der Waals surface area contributed by atoms with Gasteiger partial charge in [-0.05, 0) is 112 Å². The molecule has 6 rings (SSSR count). The third kappa shape index (κ3) is 4.50. The number of Topliss-reactive ketones (excluding diaryl/α,β-unsaturated/α-hetero) is 1. The first-order valence-corrected chi connectivity index (χ1v) is 15.2. The zero-order chi connectivity index (χ0) is 28.1. The molecule has 4 aliphatic carbocycles. The smallest absolute Gasteiger partial charge is 0.338 e. The fraction of sp³-hybridized carbons (Fsp3) is 0.571. The van der Waals surface area contributed by atoms with E-state index in [2.05, 4.69) is 13.8 Å². The number of esters is 2. The third-order valence-electron chi connectivity index (χ3n) is 11.7. The summed E-state index contributed by atoms with van der Waals surface area (Å²) >= 11 is 0. The van der Waals surface area contributed by atoms with E-state index in [0.717, 1.165) is 51.4 Å². The Bertz CT molecular complexity index is 1260. The molecule has 4 fully saturated rings. The molecule has 5 nitrogen and oxygen atoms in total. The van der Waals surface area contributed by atoms with Crippen LogP contribution in [0.1, 0.15) is 92.9 Å². The molecule has 9 atom stereocenters. The maximum atomic E-state index is 13.3. The average molecular weight is 543 g/mol. The fourth-order valence-corrected chi connectivity index (χ4v) is 9.66. The van der Waals surface area contributed by atoms with Crippen molar-refractivity contribution in [2.75, 3.05) is 0 Å². The van der Waals surface area contributed by atoms with Gasteiger partial charge in [-0.15, -0.1) is 0 Å². The molecule has 4 saturated carbocycles. The van der Waals surface area contributed by atoms with Crippen molar-refractivity contribution < 1.29 is 23.9 Å². The normalized spacial score (nSPS) is 38.3. The van der Waals surface area contributed by atoms with Crippen molar-refractivity contribution >= 4 is 17.7 Å². The number of carbonyl (C=O) groups excluding carboxylic acids is 3. The predicted octanol–water partition coefficient (Wildman–Crippen LogP) is 7.30. The second kappa shape index (κ2) is 10.5. The number of benzene rings is 2. The Hall–Kier alpha value is -2.95. The van der Waals surface area contributed by atoms with E-state index in [1.54, 1.807) is 19.1 Å². The molecule has 2 aromatic rings. The van der Waals surface area contributed by atoms with Crippen molar-refractivity contribution in [2.45, 2.75) is 84.3 Å². The van der Waals surface area contributed by atoms with Gasteiger partial charge in [0.05, 0.1) is 11.1 Å². The monoisotopic (exact) mass is 542 g/mol. The van der Waals surface area contributed by atoms with Crippen LogP contribution < -0.4 is 0 Å². The van der Waals surface area contributed by atoms with Gasteiger partial charge in [0.2, 0.25) is 0 Å². The van der Waals surface area contributed by atoms with E-state index < -0.39 is 0 Å². The molecule has 0 radical (unpaired) electrons. The molecule has 0 saturated heterocycles. The lowest BCUT2D eigenvalue weighted by atomic mass is 9.44. The highest BCUT2D eigenvalue weighted by Crippen LogP contribution is 2.68. The van der Waals surface area contributed by atoms with Crippen LogP contribution in [0.25, 0.3) is 0 Å². The van der Waals surface area contributed by atoms with Gasteiger partial charge in [-0.2, -0.15) is 0 Å². The number of hydrogen-bond donors (Lipinski definition) is 0. The van der Waals surface area contributed by atoms with Crippen molar-refractivity contribution in [1.82, 2.24) is 0 Å². The van der Waals surface area contributed by atoms with Gasteiger partial charge in [-0.3, -0.25) is 4.79 Å². The van der Waals surface area contributed by atoms with Gasteiger partial charge >= 0.3 is 11.9 Å². The Labute approximate surface area is 238 Å². The number of hydrogen-bond acceptors (Lipinski definition) is 5. The third-order valence-corrected chi connectivity index (χ3v) is 11.7. The molecule has 0 unspecified atom stereocenters. The van der Waals surface area contributed by atoms with Gasteiger partial charge in [0.1, 0.15) is 18.0 Å². The summed E-state index contributed by atoms with van der Waals surface area (Å²) in [5.74, 6) is 1.45. The van der Waals surface area contributed by atoms with Gasteiger partial charge in [-0.25, -0.2) is 9.59 Å². The summed E-state index contributed by atoms with van der Waals surface area (Å²) in [7, 11) is 0. The minimum Gasteiger partial charge on any atom is -0.459 e. The standard InChI is InChI=1S/C35H42O5/c1-22(36)28-16-17-29-27-15-14-25-20-26(39-32(37)23-10-6-4-7-11-23)18-19-34(25,2)30(27)21-31(35(28,29)3)40-33(38)24-12-8-5-9-13-24/h4-13,25-31H,14-21H2,1-3H3/t25-,26-,27+,28-,29+,30+,31-,34-,35-/m0/s1. The van der Waals surface area contributed by atoms with Crippen LogP contribution in [0.4, 0.5) is 0 Å². The molecule has 5 heteroatoms. The molecule has 0 spiro atoms. The van der Waals surface area contributed by atoms with Crippen LogP contribution in [-0.4, -0.2) is 29.9 Å². The Kier molecular flexibility index (Phi) is 7.13. The number of ketones is 1. The molecule has 0 amide bonds. The lowest BCUT2D eigenvalue weighted by molar-refractivity contribution is -0.175. The van der Waals surface area contributed by atoms with Crippen LogP contribution >= 0.6 is 0 Å². The SMILES string of the molecule is CC(=O)[C@@H]1CC[C@@H]2[C@H]3CC[C@H]4C[C@@H](OC(=O)c5ccccc5)CC[C@]4(C)[C@@H]3C[C@H](OC(=O)c3ccccc3)[C@]21C. The van der Waals surface area contributed by atoms with E-state index in [4.69, 9.17) is 9.47 Å². The highest BCUT2D eigenvalue weighted by atomic mass is 16.5. The molecular formula is C35H42O5. The van der Waals surface area contributed by atoms with E-state index in [1.165, 1.54) is 0 Å². The Balaban J connectivity index is 1.24. The zero-order valence-corrected chi connectivity index (χ0v) is 24.0. The largest absolute Gasteiger partial charge is 0.459 e. The number of carbonyl (C=O) groups is 3. The van der Waals surface area contributed by atoms with E-state index in [0.29, 0.717) is 34.8 Å². The summed E-state index contributed by atoms with van der Waals surface area (Å²) in [5.41, 5.74) is 0.945. The second-order valence-electron chi connectivity index (χ2n) is 13.4. The van der Waals surface area contributed by atoms with Gasteiger partial charge in [-0.1, -0.05) is 50.2 Å². The molecule has 212 valence electrons. The van der Waals surface area contributed by atoms with Crippen molar-refractivity contribution in [1.29, 1.82) is 0 Å². The van der Waals surface area contributed by atoms with Crippen LogP contribution in [0.2, 0.25) is 0 Å². The maximum Gasteiger partial charge on any atom is 0.338 e. The predicted molar refractivity (Wildman–Crippen MR) is 153 cm³/mol. The summed E-state index contributed by atoms with van der Waals surface area (Å²) in [6.07, 6.45) is 7.40. The minimum atomic E-state index is -0.330. The van der Waals surface area contributed by atoms with Crippen molar-refractivity contribution in [3.05, 3.63) is 71.8 Å². The minimum absolute atomic E-state index is 0.0588. The molecule has 0 aromatic heterocycles. The van der Waals surface area contributed by atoms with Crippen LogP contribution in [0, 0.1) is 40.4 Å². The van der Waals surface area contributed by atoms with E-state index in [9.17, 15) is 14.4 Å². The van der Waals surface area contributed by atoms with Crippen LogP contribution in [0.5, 0.6) is 0 Å². The number of rotatable bonds is 5. The zero-order valence-electron chi connectivity index (χ0n) is 24.0. The fourth-order valence-electron chi connectivity index (χ4n) is 9.66. The summed E-state index contributed by atoms with van der Waals surface area (Å²) in [6.45, 7) is 6.40. The first kappa shape index (κ1) is 27.2. The summed E-state index contributed by atoms with van der Waals surface area (Å²) in [5, 5.41) is 0. The molecule has 0 aliphatic heterocycles. The highest BCUT2D eigenvalue weighted by molar-refractivity contribution is 5.90. The summed E-state index contributed by atoms with van der Waals surface area (Å²) < 4.78 is 12.4. The molecule has 4 aliphatic rings. The molecule has 0 heterocycles. The molecule has 40 heavy (non-hydrogen) atoms. The average Bonchev–Trinajstić information content (AvgIpc) is 3.33. The topological polar surface area (TPSA) is 69.7 Å². The van der Waals surface area contributed by atoms with Crippen LogP contribution in [0.15, 0.2) is 60.7 Å². The van der Waals surface area contributed by atoms with Crippen molar-refractivity contribution in [3.63, 3.8) is 0 Å². The second-order valence-corrected chi connectivity index (χ2v) is 13.4. The van der Waals surface area contributed by atoms with Crippen molar-refractivity contribution in [2.24, 2.45) is 40.4 Å². The van der Waals surface area contributed by atoms with E-state index in [1.807, 2.05) is 48.5 Å². The number of ether oxygens (including phenoxy) is 2. The lowest BCUT2D eigenvalue weighted by Crippen LogP contribution is -2.59. The first-order chi connectivity index (χ1) is 19.2. The Morgan fingerprint density at radius 3 is 1.98 bits per heavy atom.